The molecular formula is C8H14N4. The molecule has 0 spiro atoms. The Labute approximate surface area is 72.1 Å². The van der Waals surface area contributed by atoms with Gasteiger partial charge >= 0.3 is 0 Å². The predicted octanol–water partition coefficient (Wildman–Crippen LogP) is 0.963. The van der Waals surface area contributed by atoms with Crippen molar-refractivity contribution in [3.05, 3.63) is 18.5 Å². The first kappa shape index (κ1) is 8.77. The minimum absolute atomic E-state index is 0.0549. The van der Waals surface area contributed by atoms with E-state index in [1.807, 2.05) is 20.8 Å². The van der Waals surface area contributed by atoms with Crippen LogP contribution < -0.4 is 5.73 Å². The third kappa shape index (κ3) is 1.64. The second-order valence-corrected chi connectivity index (χ2v) is 3.74. The summed E-state index contributed by atoms with van der Waals surface area (Å²) in [4.78, 5) is 0. The minimum atomic E-state index is -0.0549. The van der Waals surface area contributed by atoms with Crippen LogP contribution in [0, 0.1) is 0 Å². The number of hydrogen-bond acceptors (Lipinski definition) is 3. The molecule has 0 aliphatic carbocycles. The van der Waals surface area contributed by atoms with Crippen LogP contribution in [-0.4, -0.2) is 15.0 Å². The molecular weight excluding hydrogens is 152 g/mol. The van der Waals surface area contributed by atoms with Crippen LogP contribution in [0.2, 0.25) is 0 Å². The number of rotatable bonds is 1. The van der Waals surface area contributed by atoms with Crippen molar-refractivity contribution in [1.82, 2.24) is 15.0 Å². The molecule has 66 valence electrons. The number of nitrogens with zero attached hydrogens (tertiary/aromatic N) is 3. The van der Waals surface area contributed by atoms with Crippen LogP contribution in [0.3, 0.4) is 0 Å². The maximum absolute atomic E-state index is 5.46. The lowest BCUT2D eigenvalue weighted by atomic mass is 10.1. The van der Waals surface area contributed by atoms with Crippen LogP contribution in [0.4, 0.5) is 0 Å². The van der Waals surface area contributed by atoms with Crippen molar-refractivity contribution in [2.45, 2.75) is 26.3 Å². The molecule has 0 saturated heterocycles. The summed E-state index contributed by atoms with van der Waals surface area (Å²) in [6.07, 6.45) is 1.79. The average Bonchev–Trinajstić information content (AvgIpc) is 2.30. The first-order valence-corrected chi connectivity index (χ1v) is 3.79. The number of hydrogen-bond donors (Lipinski definition) is 1. The Bertz CT molecular complexity index is 292. The van der Waals surface area contributed by atoms with Gasteiger partial charge in [0.1, 0.15) is 5.69 Å². The SMILES string of the molecule is C=C(N)c1cn(C(C)(C)C)nn1. The second-order valence-electron chi connectivity index (χ2n) is 3.74. The van der Waals surface area contributed by atoms with Gasteiger partial charge in [0.25, 0.3) is 0 Å². The van der Waals surface area contributed by atoms with Crippen LogP contribution in [0.5, 0.6) is 0 Å². The van der Waals surface area contributed by atoms with Gasteiger partial charge in [-0.05, 0) is 20.8 Å². The van der Waals surface area contributed by atoms with E-state index in [1.54, 1.807) is 10.9 Å². The molecule has 0 radical (unpaired) electrons. The van der Waals surface area contributed by atoms with Gasteiger partial charge in [0, 0.05) is 0 Å². The van der Waals surface area contributed by atoms with E-state index in [-0.39, 0.29) is 5.54 Å². The molecule has 4 nitrogen and oxygen atoms in total. The average molecular weight is 166 g/mol. The highest BCUT2D eigenvalue weighted by Crippen LogP contribution is 2.12. The summed E-state index contributed by atoms with van der Waals surface area (Å²) in [6, 6.07) is 0. The zero-order chi connectivity index (χ0) is 9.35. The van der Waals surface area contributed by atoms with Crippen LogP contribution in [0.25, 0.3) is 5.70 Å². The smallest absolute Gasteiger partial charge is 0.128 e. The van der Waals surface area contributed by atoms with E-state index >= 15 is 0 Å². The van der Waals surface area contributed by atoms with Crippen molar-refractivity contribution in [1.29, 1.82) is 0 Å². The Morgan fingerprint density at radius 3 is 2.42 bits per heavy atom. The normalized spacial score (nSPS) is 11.6. The molecule has 0 aromatic carbocycles. The van der Waals surface area contributed by atoms with Crippen molar-refractivity contribution >= 4 is 5.70 Å². The largest absolute Gasteiger partial charge is 0.397 e. The van der Waals surface area contributed by atoms with E-state index in [9.17, 15) is 0 Å². The first-order valence-electron chi connectivity index (χ1n) is 3.79. The highest BCUT2D eigenvalue weighted by Gasteiger charge is 2.14. The lowest BCUT2D eigenvalue weighted by Gasteiger charge is -2.17. The quantitative estimate of drug-likeness (QED) is 0.676. The van der Waals surface area contributed by atoms with Gasteiger partial charge in [-0.25, -0.2) is 4.68 Å². The summed E-state index contributed by atoms with van der Waals surface area (Å²) in [5, 5.41) is 7.81. The molecule has 0 aliphatic rings. The zero-order valence-corrected chi connectivity index (χ0v) is 7.70. The molecule has 2 N–H and O–H groups in total. The Balaban J connectivity index is 3.00. The molecule has 1 heterocycles. The van der Waals surface area contributed by atoms with Gasteiger partial charge in [0.2, 0.25) is 0 Å². The third-order valence-corrected chi connectivity index (χ3v) is 1.51. The molecule has 12 heavy (non-hydrogen) atoms. The molecule has 4 heteroatoms. The lowest BCUT2D eigenvalue weighted by molar-refractivity contribution is 0.347. The maximum Gasteiger partial charge on any atom is 0.128 e. The van der Waals surface area contributed by atoms with Crippen molar-refractivity contribution in [2.75, 3.05) is 0 Å². The standard InChI is InChI=1S/C8H14N4/c1-6(9)7-5-12(11-10-7)8(2,3)4/h5H,1,9H2,2-4H3. The summed E-state index contributed by atoms with van der Waals surface area (Å²) in [7, 11) is 0. The predicted molar refractivity (Wildman–Crippen MR) is 48.2 cm³/mol. The molecule has 0 saturated carbocycles. The molecule has 0 bridgehead atoms. The topological polar surface area (TPSA) is 56.7 Å². The maximum atomic E-state index is 5.46. The van der Waals surface area contributed by atoms with Crippen LogP contribution in [0.1, 0.15) is 26.5 Å². The van der Waals surface area contributed by atoms with Crippen molar-refractivity contribution in [2.24, 2.45) is 5.73 Å². The van der Waals surface area contributed by atoms with Crippen molar-refractivity contribution in [3.63, 3.8) is 0 Å². The lowest BCUT2D eigenvalue weighted by Crippen LogP contribution is -2.22. The molecule has 0 aliphatic heterocycles. The molecule has 1 aromatic rings. The third-order valence-electron chi connectivity index (χ3n) is 1.51. The van der Waals surface area contributed by atoms with Crippen molar-refractivity contribution in [3.8, 4) is 0 Å². The molecule has 1 rings (SSSR count). The second kappa shape index (κ2) is 2.62. The van der Waals surface area contributed by atoms with Crippen molar-refractivity contribution < 1.29 is 0 Å². The van der Waals surface area contributed by atoms with E-state index in [0.29, 0.717) is 11.4 Å². The van der Waals surface area contributed by atoms with Crippen LogP contribution in [0.15, 0.2) is 12.8 Å². The van der Waals surface area contributed by atoms with E-state index in [2.05, 4.69) is 16.9 Å². The van der Waals surface area contributed by atoms with E-state index in [0.717, 1.165) is 0 Å². The molecule has 0 atom stereocenters. The number of nitrogens with two attached hydrogens (primary N) is 1. The highest BCUT2D eigenvalue weighted by atomic mass is 15.4. The Morgan fingerprint density at radius 2 is 2.17 bits per heavy atom. The summed E-state index contributed by atoms with van der Waals surface area (Å²) >= 11 is 0. The van der Waals surface area contributed by atoms with Crippen LogP contribution in [-0.2, 0) is 5.54 Å². The minimum Gasteiger partial charge on any atom is -0.397 e. The van der Waals surface area contributed by atoms with Gasteiger partial charge in [-0.2, -0.15) is 0 Å². The summed E-state index contributed by atoms with van der Waals surface area (Å²) < 4.78 is 1.76. The Hall–Kier alpha value is -1.32. The monoisotopic (exact) mass is 166 g/mol. The van der Waals surface area contributed by atoms with E-state index in [4.69, 9.17) is 5.73 Å². The van der Waals surface area contributed by atoms with Crippen LogP contribution >= 0.6 is 0 Å². The zero-order valence-electron chi connectivity index (χ0n) is 7.70. The highest BCUT2D eigenvalue weighted by molar-refractivity contribution is 5.54. The number of aromatic nitrogens is 3. The van der Waals surface area contributed by atoms with Gasteiger partial charge < -0.3 is 5.73 Å². The Morgan fingerprint density at radius 1 is 1.58 bits per heavy atom. The summed E-state index contributed by atoms with van der Waals surface area (Å²) in [6.45, 7) is 9.72. The van der Waals surface area contributed by atoms with Gasteiger partial charge in [-0.3, -0.25) is 0 Å². The molecule has 1 aromatic heterocycles. The fourth-order valence-corrected chi connectivity index (χ4v) is 0.739. The first-order chi connectivity index (χ1) is 5.41. The molecule has 0 fully saturated rings. The molecule has 0 unspecified atom stereocenters. The summed E-state index contributed by atoms with van der Waals surface area (Å²) in [5.74, 6) is 0. The fourth-order valence-electron chi connectivity index (χ4n) is 0.739. The van der Waals surface area contributed by atoms with E-state index in [1.165, 1.54) is 0 Å². The van der Waals surface area contributed by atoms with Gasteiger partial charge in [-0.15, -0.1) is 5.10 Å². The van der Waals surface area contributed by atoms with Gasteiger partial charge in [0.15, 0.2) is 0 Å². The van der Waals surface area contributed by atoms with Gasteiger partial charge in [-0.1, -0.05) is 11.8 Å². The summed E-state index contributed by atoms with van der Waals surface area (Å²) in [5.41, 5.74) is 6.50. The molecule has 0 amide bonds. The fraction of sp³-hybridized carbons (Fsp3) is 0.500. The Kier molecular flexibility index (Phi) is 1.92. The van der Waals surface area contributed by atoms with E-state index < -0.39 is 0 Å². The van der Waals surface area contributed by atoms with Gasteiger partial charge in [0.05, 0.1) is 17.4 Å².